The summed E-state index contributed by atoms with van der Waals surface area (Å²) in [6, 6.07) is -1.65. The van der Waals surface area contributed by atoms with Gasteiger partial charge in [-0.3, -0.25) is 4.57 Å². The molecule has 7 nitrogen and oxygen atoms in total. The standard InChI is InChI=1S/C10H11F2N3O4/c11-4-1-15(10(19)14-9(4)13)6-5(12)3(2-16)7(17)8(6)18/h1,6-8,16-18H,2H2,(H2,13,14,19)/t6-,7-,8+/m1/s1. The van der Waals surface area contributed by atoms with Gasteiger partial charge in [-0.05, 0) is 0 Å². The molecule has 19 heavy (non-hydrogen) atoms. The Kier molecular flexibility index (Phi) is 3.35. The van der Waals surface area contributed by atoms with Crippen LogP contribution in [0.15, 0.2) is 22.4 Å². The fourth-order valence-electron chi connectivity index (χ4n) is 1.97. The molecule has 0 saturated heterocycles. The first-order valence-corrected chi connectivity index (χ1v) is 5.28. The van der Waals surface area contributed by atoms with Crippen molar-refractivity contribution in [1.82, 2.24) is 9.55 Å². The summed E-state index contributed by atoms with van der Waals surface area (Å²) in [5.41, 5.74) is 3.55. The highest BCUT2D eigenvalue weighted by Crippen LogP contribution is 2.36. The zero-order valence-corrected chi connectivity index (χ0v) is 9.49. The fourth-order valence-corrected chi connectivity index (χ4v) is 1.97. The topological polar surface area (TPSA) is 122 Å². The Hall–Kier alpha value is -1.84. The van der Waals surface area contributed by atoms with E-state index >= 15 is 0 Å². The second-order valence-electron chi connectivity index (χ2n) is 4.08. The Morgan fingerprint density at radius 3 is 2.58 bits per heavy atom. The molecule has 0 unspecified atom stereocenters. The van der Waals surface area contributed by atoms with E-state index in [1.807, 2.05) is 0 Å². The van der Waals surface area contributed by atoms with Crippen LogP contribution in [0.25, 0.3) is 0 Å². The van der Waals surface area contributed by atoms with Gasteiger partial charge in [0.05, 0.1) is 6.61 Å². The first-order chi connectivity index (χ1) is 8.88. The Morgan fingerprint density at radius 1 is 1.42 bits per heavy atom. The average Bonchev–Trinajstić information content (AvgIpc) is 2.56. The Labute approximate surface area is 105 Å². The molecule has 1 aromatic rings. The first-order valence-electron chi connectivity index (χ1n) is 5.28. The van der Waals surface area contributed by atoms with E-state index in [-0.39, 0.29) is 0 Å². The maximum absolute atomic E-state index is 13.9. The van der Waals surface area contributed by atoms with Gasteiger partial charge < -0.3 is 21.1 Å². The molecule has 1 aliphatic rings. The summed E-state index contributed by atoms with van der Waals surface area (Å²) >= 11 is 0. The molecule has 104 valence electrons. The lowest BCUT2D eigenvalue weighted by atomic mass is 10.1. The number of hydrogen-bond donors (Lipinski definition) is 4. The molecule has 0 bridgehead atoms. The monoisotopic (exact) mass is 275 g/mol. The average molecular weight is 275 g/mol. The van der Waals surface area contributed by atoms with Crippen molar-refractivity contribution in [1.29, 1.82) is 0 Å². The lowest BCUT2D eigenvalue weighted by Gasteiger charge is -2.19. The number of nitrogen functional groups attached to an aromatic ring is 1. The Bertz CT molecular complexity index is 601. The number of rotatable bonds is 2. The van der Waals surface area contributed by atoms with Crippen LogP contribution in [0.2, 0.25) is 0 Å². The van der Waals surface area contributed by atoms with Crippen LogP contribution in [0.4, 0.5) is 14.6 Å². The van der Waals surface area contributed by atoms with E-state index < -0.39 is 53.6 Å². The third-order valence-corrected chi connectivity index (χ3v) is 2.97. The quantitative estimate of drug-likeness (QED) is 0.519. The van der Waals surface area contributed by atoms with E-state index in [9.17, 15) is 23.8 Å². The zero-order chi connectivity index (χ0) is 14.3. The molecule has 1 aromatic heterocycles. The number of anilines is 1. The molecule has 0 aromatic carbocycles. The van der Waals surface area contributed by atoms with Crippen LogP contribution in [-0.2, 0) is 0 Å². The lowest BCUT2D eigenvalue weighted by Crippen LogP contribution is -2.36. The summed E-state index contributed by atoms with van der Waals surface area (Å²) in [5.74, 6) is -2.82. The van der Waals surface area contributed by atoms with Crippen molar-refractivity contribution in [2.24, 2.45) is 0 Å². The number of hydrogen-bond acceptors (Lipinski definition) is 6. The van der Waals surface area contributed by atoms with E-state index in [0.717, 1.165) is 0 Å². The number of aromatic nitrogens is 2. The van der Waals surface area contributed by atoms with Gasteiger partial charge in [0.15, 0.2) is 11.6 Å². The van der Waals surface area contributed by atoms with E-state index in [0.29, 0.717) is 10.8 Å². The van der Waals surface area contributed by atoms with E-state index in [1.54, 1.807) is 0 Å². The molecule has 3 atom stereocenters. The van der Waals surface area contributed by atoms with Crippen molar-refractivity contribution in [3.63, 3.8) is 0 Å². The summed E-state index contributed by atoms with van der Waals surface area (Å²) in [7, 11) is 0. The second-order valence-corrected chi connectivity index (χ2v) is 4.08. The number of nitrogens with zero attached hydrogens (tertiary/aromatic N) is 2. The smallest absolute Gasteiger partial charge is 0.350 e. The van der Waals surface area contributed by atoms with Crippen LogP contribution >= 0.6 is 0 Å². The molecule has 0 spiro atoms. The maximum Gasteiger partial charge on any atom is 0.350 e. The van der Waals surface area contributed by atoms with Gasteiger partial charge in [-0.15, -0.1) is 0 Å². The number of nitrogens with two attached hydrogens (primary N) is 1. The molecule has 0 radical (unpaired) electrons. The summed E-state index contributed by atoms with van der Waals surface area (Å²) in [5, 5.41) is 28.1. The second kappa shape index (κ2) is 4.68. The molecular formula is C10H11F2N3O4. The van der Waals surface area contributed by atoms with Gasteiger partial charge in [0, 0.05) is 11.8 Å². The molecule has 5 N–H and O–H groups in total. The molecular weight excluding hydrogens is 264 g/mol. The molecule has 2 rings (SSSR count). The highest BCUT2D eigenvalue weighted by atomic mass is 19.1. The minimum atomic E-state index is -1.73. The summed E-state index contributed by atoms with van der Waals surface area (Å²) in [6.45, 7) is -0.833. The van der Waals surface area contributed by atoms with Gasteiger partial charge in [0.1, 0.15) is 24.1 Å². The summed E-state index contributed by atoms with van der Waals surface area (Å²) in [4.78, 5) is 14.7. The molecule has 0 fully saturated rings. The number of halogens is 2. The van der Waals surface area contributed by atoms with E-state index in [4.69, 9.17) is 10.8 Å². The molecule has 1 heterocycles. The molecule has 9 heteroatoms. The first kappa shape index (κ1) is 13.6. The normalized spacial score (nSPS) is 27.1. The fraction of sp³-hybridized carbons (Fsp3) is 0.400. The van der Waals surface area contributed by atoms with Gasteiger partial charge in [-0.2, -0.15) is 4.98 Å². The van der Waals surface area contributed by atoms with Crippen molar-refractivity contribution in [2.75, 3.05) is 12.3 Å². The van der Waals surface area contributed by atoms with Crippen molar-refractivity contribution in [2.45, 2.75) is 18.2 Å². The molecule has 0 saturated carbocycles. The highest BCUT2D eigenvalue weighted by molar-refractivity contribution is 5.31. The van der Waals surface area contributed by atoms with Gasteiger partial charge in [0.25, 0.3) is 0 Å². The number of aliphatic hydroxyl groups is 3. The van der Waals surface area contributed by atoms with Crippen molar-refractivity contribution < 1.29 is 24.1 Å². The van der Waals surface area contributed by atoms with Gasteiger partial charge in [0.2, 0.25) is 0 Å². The third kappa shape index (κ3) is 2.01. The minimum Gasteiger partial charge on any atom is -0.392 e. The molecule has 0 amide bonds. The van der Waals surface area contributed by atoms with E-state index in [2.05, 4.69) is 4.98 Å². The third-order valence-electron chi connectivity index (χ3n) is 2.97. The van der Waals surface area contributed by atoms with Crippen LogP contribution in [-0.4, -0.2) is 43.7 Å². The zero-order valence-electron chi connectivity index (χ0n) is 9.49. The minimum absolute atomic E-state index is 0.457. The molecule has 0 aliphatic heterocycles. The van der Waals surface area contributed by atoms with Crippen LogP contribution < -0.4 is 11.4 Å². The van der Waals surface area contributed by atoms with Gasteiger partial charge >= 0.3 is 5.69 Å². The summed E-state index contributed by atoms with van der Waals surface area (Å²) in [6.07, 6.45) is -2.82. The van der Waals surface area contributed by atoms with Crippen LogP contribution in [0.3, 0.4) is 0 Å². The van der Waals surface area contributed by atoms with Crippen LogP contribution in [0, 0.1) is 5.82 Å². The predicted octanol–water partition coefficient (Wildman–Crippen LogP) is -1.54. The van der Waals surface area contributed by atoms with Crippen molar-refractivity contribution in [3.05, 3.63) is 33.9 Å². The van der Waals surface area contributed by atoms with Gasteiger partial charge in [-0.1, -0.05) is 0 Å². The van der Waals surface area contributed by atoms with Crippen LogP contribution in [0.1, 0.15) is 6.04 Å². The van der Waals surface area contributed by atoms with Gasteiger partial charge in [-0.25, -0.2) is 13.6 Å². The molecule has 1 aliphatic carbocycles. The summed E-state index contributed by atoms with van der Waals surface area (Å²) < 4.78 is 27.7. The Balaban J connectivity index is 2.57. The maximum atomic E-state index is 13.9. The SMILES string of the molecule is Nc1nc(=O)n([C@@H]2C(F)=C(CO)[C@@H](O)[C@H]2O)cc1F. The predicted molar refractivity (Wildman–Crippen MR) is 59.1 cm³/mol. The largest absolute Gasteiger partial charge is 0.392 e. The number of aliphatic hydroxyl groups excluding tert-OH is 3. The lowest BCUT2D eigenvalue weighted by molar-refractivity contribution is 0.0242. The highest BCUT2D eigenvalue weighted by Gasteiger charge is 2.43. The van der Waals surface area contributed by atoms with Crippen molar-refractivity contribution in [3.8, 4) is 0 Å². The Morgan fingerprint density at radius 2 is 2.05 bits per heavy atom. The van der Waals surface area contributed by atoms with Crippen LogP contribution in [0.5, 0.6) is 0 Å². The van der Waals surface area contributed by atoms with Crippen molar-refractivity contribution >= 4 is 5.82 Å². The van der Waals surface area contributed by atoms with E-state index in [1.165, 1.54) is 0 Å².